The number of nitrogens with zero attached hydrogens (tertiary/aromatic N) is 2. The van der Waals surface area contributed by atoms with Crippen molar-refractivity contribution in [2.75, 3.05) is 7.11 Å². The van der Waals surface area contributed by atoms with Crippen molar-refractivity contribution in [2.45, 2.75) is 13.0 Å². The second-order valence-electron chi connectivity index (χ2n) is 7.17. The third-order valence-corrected chi connectivity index (χ3v) is 5.21. The topological polar surface area (TPSA) is 129 Å². The molecule has 36 heavy (non-hydrogen) atoms. The van der Waals surface area contributed by atoms with E-state index in [1.54, 1.807) is 12.1 Å². The Bertz CT molecular complexity index is 1310. The Morgan fingerprint density at radius 1 is 1.06 bits per heavy atom. The number of non-ortho nitro benzene ring substituents is 1. The van der Waals surface area contributed by atoms with E-state index in [1.807, 2.05) is 0 Å². The fraction of sp³-hybridized carbons (Fsp3) is 0.125. The van der Waals surface area contributed by atoms with Gasteiger partial charge in [-0.3, -0.25) is 14.9 Å². The summed E-state index contributed by atoms with van der Waals surface area (Å²) in [6.07, 6.45) is 0.445. The van der Waals surface area contributed by atoms with Crippen LogP contribution in [0.2, 0.25) is 10.0 Å². The van der Waals surface area contributed by atoms with Gasteiger partial charge in [0, 0.05) is 17.2 Å². The number of nitro groups is 1. The lowest BCUT2D eigenvalue weighted by Crippen LogP contribution is -2.33. The highest BCUT2D eigenvalue weighted by Gasteiger charge is 2.17. The number of esters is 1. The van der Waals surface area contributed by atoms with E-state index in [1.165, 1.54) is 68.8 Å². The molecule has 0 unspecified atom stereocenters. The maximum atomic E-state index is 12.5. The molecule has 0 spiro atoms. The summed E-state index contributed by atoms with van der Waals surface area (Å²) in [5, 5.41) is 15.1. The van der Waals surface area contributed by atoms with E-state index in [0.29, 0.717) is 16.3 Å². The predicted octanol–water partition coefficient (Wildman–Crippen LogP) is 5.05. The molecule has 3 aromatic rings. The van der Waals surface area contributed by atoms with Crippen LogP contribution in [-0.4, -0.2) is 36.2 Å². The number of nitro benzene ring substituents is 1. The number of ether oxygens (including phenoxy) is 3. The summed E-state index contributed by atoms with van der Waals surface area (Å²) in [7, 11) is 1.40. The van der Waals surface area contributed by atoms with Crippen LogP contribution in [0.15, 0.2) is 65.8 Å². The Hall–Kier alpha value is -4.15. The van der Waals surface area contributed by atoms with Crippen LogP contribution in [0.1, 0.15) is 22.8 Å². The lowest BCUT2D eigenvalue weighted by atomic mass is 10.2. The minimum Gasteiger partial charge on any atom is -0.493 e. The zero-order valence-electron chi connectivity index (χ0n) is 18.9. The zero-order valence-corrected chi connectivity index (χ0v) is 20.4. The summed E-state index contributed by atoms with van der Waals surface area (Å²) in [6.45, 7) is 1.51. The Morgan fingerprint density at radius 2 is 1.78 bits per heavy atom. The maximum Gasteiger partial charge on any atom is 0.345 e. The van der Waals surface area contributed by atoms with Crippen molar-refractivity contribution in [1.29, 1.82) is 0 Å². The standard InChI is InChI=1S/C24H19Cl2N3O7/c1-14(35-18-7-5-17(6-8-18)29(32)33)23(30)28-27-13-15-3-10-21(22(11-15)34-2)36-24(31)19-9-4-16(25)12-20(19)26/h3-14H,1-2H3,(H,28,30)/b27-13-/t14-/m0/s1. The lowest BCUT2D eigenvalue weighted by molar-refractivity contribution is -0.384. The number of rotatable bonds is 9. The maximum absolute atomic E-state index is 12.5. The van der Waals surface area contributed by atoms with Crippen LogP contribution in [0.3, 0.4) is 0 Å². The van der Waals surface area contributed by atoms with Crippen LogP contribution in [0.25, 0.3) is 0 Å². The first kappa shape index (κ1) is 26.5. The molecule has 1 atom stereocenters. The van der Waals surface area contributed by atoms with Crippen molar-refractivity contribution in [3.05, 3.63) is 92.0 Å². The van der Waals surface area contributed by atoms with Gasteiger partial charge in [-0.2, -0.15) is 5.10 Å². The third-order valence-electron chi connectivity index (χ3n) is 4.66. The van der Waals surface area contributed by atoms with Crippen LogP contribution in [0.4, 0.5) is 5.69 Å². The number of hydrazone groups is 1. The minimum absolute atomic E-state index is 0.0888. The molecule has 0 radical (unpaired) electrons. The van der Waals surface area contributed by atoms with E-state index in [9.17, 15) is 19.7 Å². The Balaban J connectivity index is 1.60. The molecule has 3 aromatic carbocycles. The first-order valence-corrected chi connectivity index (χ1v) is 11.0. The van der Waals surface area contributed by atoms with Crippen molar-refractivity contribution in [3.8, 4) is 17.2 Å². The molecule has 1 amide bonds. The van der Waals surface area contributed by atoms with E-state index in [4.69, 9.17) is 37.4 Å². The summed E-state index contributed by atoms with van der Waals surface area (Å²) in [5.41, 5.74) is 2.94. The summed E-state index contributed by atoms with van der Waals surface area (Å²) < 4.78 is 16.1. The number of carbonyl (C=O) groups is 2. The Labute approximate surface area is 215 Å². The van der Waals surface area contributed by atoms with Gasteiger partial charge < -0.3 is 14.2 Å². The molecule has 0 saturated heterocycles. The number of amides is 1. The van der Waals surface area contributed by atoms with Crippen molar-refractivity contribution in [3.63, 3.8) is 0 Å². The van der Waals surface area contributed by atoms with E-state index in [2.05, 4.69) is 10.5 Å². The summed E-state index contributed by atoms with van der Waals surface area (Å²) in [5.74, 6) is -0.534. The zero-order chi connectivity index (χ0) is 26.2. The van der Waals surface area contributed by atoms with Gasteiger partial charge in [0.15, 0.2) is 17.6 Å². The number of hydrogen-bond acceptors (Lipinski definition) is 8. The number of nitrogens with one attached hydrogen (secondary N) is 1. The fourth-order valence-corrected chi connectivity index (χ4v) is 3.31. The molecule has 12 heteroatoms. The van der Waals surface area contributed by atoms with E-state index < -0.39 is 22.9 Å². The van der Waals surface area contributed by atoms with Gasteiger partial charge in [-0.1, -0.05) is 23.2 Å². The molecule has 1 N–H and O–H groups in total. The molecule has 0 fully saturated rings. The van der Waals surface area contributed by atoms with Crippen LogP contribution in [0, 0.1) is 10.1 Å². The number of benzene rings is 3. The van der Waals surface area contributed by atoms with Crippen LogP contribution in [-0.2, 0) is 4.79 Å². The van der Waals surface area contributed by atoms with Crippen LogP contribution in [0.5, 0.6) is 17.2 Å². The van der Waals surface area contributed by atoms with Gasteiger partial charge >= 0.3 is 5.97 Å². The first-order valence-electron chi connectivity index (χ1n) is 10.3. The van der Waals surface area contributed by atoms with Crippen LogP contribution >= 0.6 is 23.2 Å². The minimum atomic E-state index is -0.917. The Morgan fingerprint density at radius 3 is 2.42 bits per heavy atom. The second-order valence-corrected chi connectivity index (χ2v) is 8.01. The average molecular weight is 532 g/mol. The van der Waals surface area contributed by atoms with Crippen molar-refractivity contribution < 1.29 is 28.7 Å². The fourth-order valence-electron chi connectivity index (χ4n) is 2.82. The molecule has 0 aromatic heterocycles. The van der Waals surface area contributed by atoms with Gasteiger partial charge in [-0.25, -0.2) is 10.2 Å². The second kappa shape index (κ2) is 12.0. The molecule has 0 aliphatic carbocycles. The highest BCUT2D eigenvalue weighted by molar-refractivity contribution is 6.36. The van der Waals surface area contributed by atoms with E-state index in [-0.39, 0.29) is 27.8 Å². The molecule has 10 nitrogen and oxygen atoms in total. The lowest BCUT2D eigenvalue weighted by Gasteiger charge is -2.12. The van der Waals surface area contributed by atoms with Crippen molar-refractivity contribution in [1.82, 2.24) is 5.43 Å². The molecular weight excluding hydrogens is 513 g/mol. The normalized spacial score (nSPS) is 11.6. The monoisotopic (exact) mass is 531 g/mol. The van der Waals surface area contributed by atoms with Gasteiger partial charge in [0.2, 0.25) is 0 Å². The van der Waals surface area contributed by atoms with Gasteiger partial charge in [0.1, 0.15) is 5.75 Å². The highest BCUT2D eigenvalue weighted by atomic mass is 35.5. The summed E-state index contributed by atoms with van der Waals surface area (Å²) >= 11 is 11.9. The molecular formula is C24H19Cl2N3O7. The van der Waals surface area contributed by atoms with Gasteiger partial charge in [-0.15, -0.1) is 0 Å². The van der Waals surface area contributed by atoms with Gasteiger partial charge in [0.05, 0.1) is 28.8 Å². The van der Waals surface area contributed by atoms with Crippen molar-refractivity contribution in [2.24, 2.45) is 5.10 Å². The average Bonchev–Trinajstić information content (AvgIpc) is 2.84. The number of halogens is 2. The molecule has 0 heterocycles. The molecule has 0 saturated carbocycles. The highest BCUT2D eigenvalue weighted by Crippen LogP contribution is 2.30. The molecule has 0 aliphatic heterocycles. The molecule has 0 bridgehead atoms. The first-order chi connectivity index (χ1) is 17.2. The molecule has 186 valence electrons. The third kappa shape index (κ3) is 6.94. The molecule has 0 aliphatic rings. The summed E-state index contributed by atoms with van der Waals surface area (Å²) in [4.78, 5) is 34.9. The van der Waals surface area contributed by atoms with Crippen LogP contribution < -0.4 is 19.6 Å². The number of hydrogen-bond donors (Lipinski definition) is 1. The quantitative estimate of drug-likeness (QED) is 0.134. The van der Waals surface area contributed by atoms with E-state index in [0.717, 1.165) is 0 Å². The van der Waals surface area contributed by atoms with Gasteiger partial charge in [0.25, 0.3) is 11.6 Å². The predicted molar refractivity (Wildman–Crippen MR) is 133 cm³/mol. The van der Waals surface area contributed by atoms with Crippen molar-refractivity contribution >= 4 is 47.0 Å². The molecule has 3 rings (SSSR count). The SMILES string of the molecule is COc1cc(/C=N\NC(=O)[C@H](C)Oc2ccc([N+](=O)[O-])cc2)ccc1OC(=O)c1ccc(Cl)cc1Cl. The Kier molecular flexibility index (Phi) is 8.82. The number of methoxy groups -OCH3 is 1. The van der Waals surface area contributed by atoms with Gasteiger partial charge in [-0.05, 0) is 61.0 Å². The summed E-state index contributed by atoms with van der Waals surface area (Å²) in [6, 6.07) is 14.4. The number of carbonyl (C=O) groups excluding carboxylic acids is 2. The largest absolute Gasteiger partial charge is 0.493 e. The smallest absolute Gasteiger partial charge is 0.345 e. The van der Waals surface area contributed by atoms with E-state index >= 15 is 0 Å².